The van der Waals surface area contributed by atoms with Crippen LogP contribution in [0.3, 0.4) is 0 Å². The number of hydrogen-bond acceptors (Lipinski definition) is 4. The molecule has 0 radical (unpaired) electrons. The molecule has 0 amide bonds. The molecule has 17 heavy (non-hydrogen) atoms. The lowest BCUT2D eigenvalue weighted by molar-refractivity contribution is 0.305. The van der Waals surface area contributed by atoms with Crippen LogP contribution < -0.4 is 11.1 Å². The lowest BCUT2D eigenvalue weighted by atomic mass is 9.88. The van der Waals surface area contributed by atoms with Gasteiger partial charge < -0.3 is 16.3 Å². The fourth-order valence-electron chi connectivity index (χ4n) is 1.32. The summed E-state index contributed by atoms with van der Waals surface area (Å²) in [5, 5.41) is 15.0. The van der Waals surface area contributed by atoms with Crippen LogP contribution in [-0.4, -0.2) is 17.6 Å². The number of oxime groups is 1. The summed E-state index contributed by atoms with van der Waals surface area (Å²) >= 11 is 7.41. The molecule has 0 saturated carbocycles. The van der Waals surface area contributed by atoms with Gasteiger partial charge in [-0.2, -0.15) is 0 Å². The van der Waals surface area contributed by atoms with Crippen LogP contribution in [0.5, 0.6) is 0 Å². The van der Waals surface area contributed by atoms with Gasteiger partial charge in [0, 0.05) is 16.8 Å². The fraction of sp³-hybridized carbons (Fsp3) is 0.545. The van der Waals surface area contributed by atoms with Gasteiger partial charge in [0.05, 0.1) is 4.34 Å². The van der Waals surface area contributed by atoms with Crippen molar-refractivity contribution in [3.63, 3.8) is 0 Å². The summed E-state index contributed by atoms with van der Waals surface area (Å²) in [5.41, 5.74) is 5.31. The third kappa shape index (κ3) is 4.53. The first-order valence-electron chi connectivity index (χ1n) is 5.38. The second-order valence-electron chi connectivity index (χ2n) is 4.50. The summed E-state index contributed by atoms with van der Waals surface area (Å²) in [5.74, 6) is 0.262. The van der Waals surface area contributed by atoms with Crippen molar-refractivity contribution in [3.05, 3.63) is 21.3 Å². The zero-order valence-corrected chi connectivity index (χ0v) is 11.6. The largest absolute Gasteiger partial charge is 0.409 e. The molecule has 1 heterocycles. The van der Waals surface area contributed by atoms with Gasteiger partial charge in [0.15, 0.2) is 0 Å². The van der Waals surface area contributed by atoms with Gasteiger partial charge in [0.25, 0.3) is 0 Å². The van der Waals surface area contributed by atoms with E-state index < -0.39 is 0 Å². The van der Waals surface area contributed by atoms with E-state index in [-0.39, 0.29) is 11.3 Å². The number of nitrogens with one attached hydrogen (secondary N) is 1. The molecule has 0 aromatic carbocycles. The number of nitrogens with zero attached hydrogens (tertiary/aromatic N) is 1. The molecule has 0 aliphatic rings. The molecule has 0 aliphatic carbocycles. The molecular weight excluding hydrogens is 258 g/mol. The lowest BCUT2D eigenvalue weighted by Gasteiger charge is -2.22. The Morgan fingerprint density at radius 3 is 2.82 bits per heavy atom. The molecule has 0 fully saturated rings. The molecular formula is C11H18ClN3OS. The Kier molecular flexibility index (Phi) is 5.24. The van der Waals surface area contributed by atoms with Crippen LogP contribution in [0.1, 0.15) is 25.1 Å². The van der Waals surface area contributed by atoms with Gasteiger partial charge >= 0.3 is 0 Å². The SMILES string of the molecule is CC(C)(CCNCc1ccc(Cl)s1)C(N)=NO. The van der Waals surface area contributed by atoms with E-state index in [4.69, 9.17) is 22.5 Å². The van der Waals surface area contributed by atoms with Gasteiger partial charge in [-0.15, -0.1) is 11.3 Å². The molecule has 0 bridgehead atoms. The van der Waals surface area contributed by atoms with Crippen molar-refractivity contribution in [2.24, 2.45) is 16.3 Å². The van der Waals surface area contributed by atoms with Crippen LogP contribution in [0, 0.1) is 5.41 Å². The number of amidine groups is 1. The first kappa shape index (κ1) is 14.3. The van der Waals surface area contributed by atoms with Gasteiger partial charge in [-0.3, -0.25) is 0 Å². The molecule has 0 spiro atoms. The molecule has 0 unspecified atom stereocenters. The second kappa shape index (κ2) is 6.23. The zero-order chi connectivity index (χ0) is 12.9. The summed E-state index contributed by atoms with van der Waals surface area (Å²) in [4.78, 5) is 1.21. The summed E-state index contributed by atoms with van der Waals surface area (Å²) < 4.78 is 0.804. The topological polar surface area (TPSA) is 70.6 Å². The third-order valence-corrected chi connectivity index (χ3v) is 3.89. The molecule has 1 aromatic heterocycles. The van der Waals surface area contributed by atoms with Crippen molar-refractivity contribution < 1.29 is 5.21 Å². The van der Waals surface area contributed by atoms with Crippen LogP contribution in [-0.2, 0) is 6.54 Å². The summed E-state index contributed by atoms with van der Waals surface area (Å²) in [6.45, 7) is 5.50. The number of halogens is 1. The smallest absolute Gasteiger partial charge is 0.144 e. The number of thiophene rings is 1. The second-order valence-corrected chi connectivity index (χ2v) is 6.30. The third-order valence-electron chi connectivity index (χ3n) is 2.66. The molecule has 4 N–H and O–H groups in total. The Labute approximate surface area is 110 Å². The zero-order valence-electron chi connectivity index (χ0n) is 10.0. The monoisotopic (exact) mass is 275 g/mol. The van der Waals surface area contributed by atoms with E-state index in [9.17, 15) is 0 Å². The van der Waals surface area contributed by atoms with E-state index in [1.807, 2.05) is 26.0 Å². The van der Waals surface area contributed by atoms with Gasteiger partial charge in [0.2, 0.25) is 0 Å². The Morgan fingerprint density at radius 1 is 1.59 bits per heavy atom. The fourth-order valence-corrected chi connectivity index (χ4v) is 2.38. The van der Waals surface area contributed by atoms with Crippen LogP contribution >= 0.6 is 22.9 Å². The average molecular weight is 276 g/mol. The summed E-state index contributed by atoms with van der Waals surface area (Å²) in [7, 11) is 0. The van der Waals surface area contributed by atoms with Gasteiger partial charge in [-0.05, 0) is 25.1 Å². The predicted octanol–water partition coefficient (Wildman–Crippen LogP) is 2.65. The van der Waals surface area contributed by atoms with Crippen molar-refractivity contribution >= 4 is 28.8 Å². The Balaban J connectivity index is 2.29. The number of hydrogen-bond donors (Lipinski definition) is 3. The van der Waals surface area contributed by atoms with Crippen LogP contribution in [0.4, 0.5) is 0 Å². The van der Waals surface area contributed by atoms with Crippen molar-refractivity contribution in [2.45, 2.75) is 26.8 Å². The quantitative estimate of drug-likeness (QED) is 0.246. The average Bonchev–Trinajstić information content (AvgIpc) is 2.69. The molecule has 0 aliphatic heterocycles. The highest BCUT2D eigenvalue weighted by atomic mass is 35.5. The number of nitrogens with two attached hydrogens (primary N) is 1. The Bertz CT molecular complexity index is 390. The van der Waals surface area contributed by atoms with E-state index in [0.717, 1.165) is 23.8 Å². The maximum Gasteiger partial charge on any atom is 0.144 e. The Morgan fingerprint density at radius 2 is 2.29 bits per heavy atom. The number of rotatable bonds is 6. The highest BCUT2D eigenvalue weighted by Crippen LogP contribution is 2.22. The maximum atomic E-state index is 8.64. The van der Waals surface area contributed by atoms with Crippen molar-refractivity contribution in [2.75, 3.05) is 6.54 Å². The van der Waals surface area contributed by atoms with E-state index in [0.29, 0.717) is 0 Å². The van der Waals surface area contributed by atoms with Gasteiger partial charge in [-0.1, -0.05) is 30.6 Å². The first-order valence-corrected chi connectivity index (χ1v) is 6.58. The molecule has 1 aromatic rings. The molecule has 4 nitrogen and oxygen atoms in total. The van der Waals surface area contributed by atoms with E-state index in [1.165, 1.54) is 4.88 Å². The molecule has 6 heteroatoms. The van der Waals surface area contributed by atoms with E-state index >= 15 is 0 Å². The van der Waals surface area contributed by atoms with Crippen molar-refractivity contribution in [1.82, 2.24) is 5.32 Å². The van der Waals surface area contributed by atoms with Crippen LogP contribution in [0.25, 0.3) is 0 Å². The highest BCUT2D eigenvalue weighted by Gasteiger charge is 2.22. The van der Waals surface area contributed by atoms with Gasteiger partial charge in [-0.25, -0.2) is 0 Å². The molecule has 0 atom stereocenters. The molecule has 96 valence electrons. The normalized spacial score (nSPS) is 13.0. The Hall–Kier alpha value is -0.780. The van der Waals surface area contributed by atoms with Crippen LogP contribution in [0.15, 0.2) is 17.3 Å². The van der Waals surface area contributed by atoms with E-state index in [1.54, 1.807) is 11.3 Å². The summed E-state index contributed by atoms with van der Waals surface area (Å²) in [6, 6.07) is 3.90. The van der Waals surface area contributed by atoms with Gasteiger partial charge in [0.1, 0.15) is 5.84 Å². The minimum absolute atomic E-state index is 0.262. The van der Waals surface area contributed by atoms with Crippen molar-refractivity contribution in [3.8, 4) is 0 Å². The summed E-state index contributed by atoms with van der Waals surface area (Å²) in [6.07, 6.45) is 0.808. The standard InChI is InChI=1S/C11H18ClN3OS/c1-11(2,10(13)15-16)5-6-14-7-8-3-4-9(12)17-8/h3-4,14,16H,5-7H2,1-2H3,(H2,13,15). The predicted molar refractivity (Wildman–Crippen MR) is 72.8 cm³/mol. The minimum atomic E-state index is -0.297. The van der Waals surface area contributed by atoms with Crippen LogP contribution in [0.2, 0.25) is 4.34 Å². The minimum Gasteiger partial charge on any atom is -0.409 e. The molecule has 1 rings (SSSR count). The first-order chi connectivity index (χ1) is 7.95. The maximum absolute atomic E-state index is 8.64. The lowest BCUT2D eigenvalue weighted by Crippen LogP contribution is -2.34. The van der Waals surface area contributed by atoms with Crippen molar-refractivity contribution in [1.29, 1.82) is 0 Å². The van der Waals surface area contributed by atoms with E-state index in [2.05, 4.69) is 10.5 Å². The highest BCUT2D eigenvalue weighted by molar-refractivity contribution is 7.16. The molecule has 0 saturated heterocycles.